The number of benzene rings is 1. The van der Waals surface area contributed by atoms with Crippen molar-refractivity contribution in [1.82, 2.24) is 4.57 Å². The van der Waals surface area contributed by atoms with E-state index < -0.39 is 6.10 Å². The van der Waals surface area contributed by atoms with Crippen molar-refractivity contribution in [2.75, 3.05) is 0 Å². The van der Waals surface area contributed by atoms with Crippen LogP contribution < -0.4 is 10.4 Å². The van der Waals surface area contributed by atoms with Crippen LogP contribution in [0.15, 0.2) is 33.9 Å². The summed E-state index contributed by atoms with van der Waals surface area (Å²) in [5.41, 5.74) is -0.273. The lowest BCUT2D eigenvalue weighted by Crippen LogP contribution is -2.31. The Morgan fingerprint density at radius 2 is 2.06 bits per heavy atom. The minimum Gasteiger partial charge on any atom is -0.393 e. The Balaban J connectivity index is 2.56. The van der Waals surface area contributed by atoms with E-state index in [2.05, 4.69) is 0 Å². The topological polar surface area (TPSA) is 59.3 Å². The Labute approximate surface area is 102 Å². The number of nitrogens with zero attached hydrogens (tertiary/aromatic N) is 1. The number of hydrogen-bond acceptors (Lipinski definition) is 4. The van der Waals surface area contributed by atoms with Gasteiger partial charge in [0.05, 0.1) is 11.5 Å². The van der Waals surface area contributed by atoms with Crippen LogP contribution in [0.2, 0.25) is 0 Å². The van der Waals surface area contributed by atoms with Crippen LogP contribution in [-0.2, 0) is 6.54 Å². The van der Waals surface area contributed by atoms with Gasteiger partial charge in [-0.1, -0.05) is 23.5 Å². The molecule has 0 aliphatic carbocycles. The van der Waals surface area contributed by atoms with Crippen LogP contribution >= 0.6 is 11.3 Å². The van der Waals surface area contributed by atoms with Gasteiger partial charge in [0.2, 0.25) is 0 Å². The van der Waals surface area contributed by atoms with Crippen molar-refractivity contribution >= 4 is 21.4 Å². The maximum atomic E-state index is 12.0. The summed E-state index contributed by atoms with van der Waals surface area (Å²) in [6.07, 6.45) is -0.113. The van der Waals surface area contributed by atoms with E-state index in [1.165, 1.54) is 4.57 Å². The van der Waals surface area contributed by atoms with Crippen LogP contribution in [0.4, 0.5) is 0 Å². The first-order valence-corrected chi connectivity index (χ1v) is 6.22. The molecular weight excluding hydrogens is 238 g/mol. The maximum absolute atomic E-state index is 12.0. The Hall–Kier alpha value is -1.46. The molecule has 0 amide bonds. The van der Waals surface area contributed by atoms with E-state index in [-0.39, 0.29) is 17.0 Å². The van der Waals surface area contributed by atoms with Crippen LogP contribution in [0.1, 0.15) is 13.3 Å². The smallest absolute Gasteiger partial charge is 0.310 e. The highest BCUT2D eigenvalue weighted by atomic mass is 32.1. The first-order valence-electron chi connectivity index (χ1n) is 5.40. The number of hydrogen-bond donors (Lipinski definition) is 1. The molecule has 0 spiro atoms. The van der Waals surface area contributed by atoms with E-state index in [0.717, 1.165) is 11.3 Å². The molecule has 1 heterocycles. The molecule has 5 heteroatoms. The Kier molecular flexibility index (Phi) is 3.40. The molecule has 0 fully saturated rings. The van der Waals surface area contributed by atoms with E-state index in [4.69, 9.17) is 0 Å². The fourth-order valence-electron chi connectivity index (χ4n) is 1.62. The lowest BCUT2D eigenvalue weighted by molar-refractivity contribution is 0.177. The average Bonchev–Trinajstić information content (AvgIpc) is 2.28. The van der Waals surface area contributed by atoms with Gasteiger partial charge < -0.3 is 5.11 Å². The molecule has 0 aliphatic heterocycles. The van der Waals surface area contributed by atoms with Gasteiger partial charge in [-0.15, -0.1) is 0 Å². The van der Waals surface area contributed by atoms with Crippen molar-refractivity contribution in [2.45, 2.75) is 26.0 Å². The van der Waals surface area contributed by atoms with E-state index >= 15 is 0 Å². The van der Waals surface area contributed by atoms with E-state index in [1.54, 1.807) is 31.2 Å². The Morgan fingerprint density at radius 3 is 2.76 bits per heavy atom. The predicted octanol–water partition coefficient (Wildman–Crippen LogP) is 1.19. The highest BCUT2D eigenvalue weighted by Gasteiger charge is 2.08. The summed E-state index contributed by atoms with van der Waals surface area (Å²) < 4.78 is 1.90. The standard InChI is InChI=1S/C12H13NO3S/c1-8(14)6-7-13-11(15)9-4-2-3-5-10(9)17-12(13)16/h2-5,8,14H,6-7H2,1H3. The zero-order chi connectivity index (χ0) is 12.4. The quantitative estimate of drug-likeness (QED) is 0.891. The molecule has 0 saturated heterocycles. The second-order valence-corrected chi connectivity index (χ2v) is 4.95. The molecule has 1 N–H and O–H groups in total. The highest BCUT2D eigenvalue weighted by molar-refractivity contribution is 7.16. The number of aromatic nitrogens is 1. The van der Waals surface area contributed by atoms with Gasteiger partial charge in [-0.05, 0) is 25.5 Å². The molecule has 0 saturated carbocycles. The molecule has 4 nitrogen and oxygen atoms in total. The second-order valence-electron chi connectivity index (χ2n) is 3.96. The summed E-state index contributed by atoms with van der Waals surface area (Å²) >= 11 is 1.06. The number of aliphatic hydroxyl groups excluding tert-OH is 1. The molecule has 90 valence electrons. The molecule has 0 radical (unpaired) electrons. The maximum Gasteiger partial charge on any atom is 0.310 e. The molecular formula is C12H13NO3S. The molecule has 1 atom stereocenters. The molecule has 1 aromatic heterocycles. The summed E-state index contributed by atoms with van der Waals surface area (Å²) in [6.45, 7) is 1.90. The van der Waals surface area contributed by atoms with Crippen molar-refractivity contribution in [1.29, 1.82) is 0 Å². The van der Waals surface area contributed by atoms with Crippen molar-refractivity contribution in [3.63, 3.8) is 0 Å². The molecule has 1 unspecified atom stereocenters. The monoisotopic (exact) mass is 251 g/mol. The minimum absolute atomic E-state index is 0.261. The predicted molar refractivity (Wildman–Crippen MR) is 68.7 cm³/mol. The second kappa shape index (κ2) is 4.81. The van der Waals surface area contributed by atoms with Crippen molar-refractivity contribution in [2.24, 2.45) is 0 Å². The average molecular weight is 251 g/mol. The van der Waals surface area contributed by atoms with Gasteiger partial charge in [-0.3, -0.25) is 14.2 Å². The van der Waals surface area contributed by atoms with Crippen LogP contribution in [0, 0.1) is 0 Å². The van der Waals surface area contributed by atoms with E-state index in [9.17, 15) is 14.7 Å². The highest BCUT2D eigenvalue weighted by Crippen LogP contribution is 2.10. The molecule has 0 bridgehead atoms. The zero-order valence-electron chi connectivity index (χ0n) is 9.42. The number of fused-ring (bicyclic) bond motifs is 1. The zero-order valence-corrected chi connectivity index (χ0v) is 10.2. The third-order valence-electron chi connectivity index (χ3n) is 2.55. The third kappa shape index (κ3) is 2.45. The summed E-state index contributed by atoms with van der Waals surface area (Å²) in [4.78, 5) is 23.5. The van der Waals surface area contributed by atoms with E-state index in [0.29, 0.717) is 16.5 Å². The molecule has 17 heavy (non-hydrogen) atoms. The first kappa shape index (κ1) is 12.0. The van der Waals surface area contributed by atoms with Crippen molar-refractivity contribution in [3.05, 3.63) is 44.3 Å². The van der Waals surface area contributed by atoms with Gasteiger partial charge in [0, 0.05) is 11.2 Å². The summed E-state index contributed by atoms with van der Waals surface area (Å²) in [5.74, 6) is 0. The lowest BCUT2D eigenvalue weighted by Gasteiger charge is -2.06. The van der Waals surface area contributed by atoms with Crippen molar-refractivity contribution < 1.29 is 5.11 Å². The van der Waals surface area contributed by atoms with Gasteiger partial charge in [0.15, 0.2) is 0 Å². The number of aliphatic hydroxyl groups is 1. The molecule has 1 aromatic carbocycles. The fraction of sp³-hybridized carbons (Fsp3) is 0.333. The minimum atomic E-state index is -0.516. The molecule has 2 rings (SSSR count). The summed E-state index contributed by atoms with van der Waals surface area (Å²) in [7, 11) is 0. The SMILES string of the molecule is CC(O)CCn1c(=O)sc2ccccc2c1=O. The van der Waals surface area contributed by atoms with Gasteiger partial charge in [0.25, 0.3) is 5.56 Å². The Morgan fingerprint density at radius 1 is 1.35 bits per heavy atom. The number of rotatable bonds is 3. The van der Waals surface area contributed by atoms with Gasteiger partial charge in [-0.25, -0.2) is 0 Å². The largest absolute Gasteiger partial charge is 0.393 e. The van der Waals surface area contributed by atoms with Crippen LogP contribution in [-0.4, -0.2) is 15.8 Å². The van der Waals surface area contributed by atoms with Gasteiger partial charge >= 0.3 is 4.87 Å². The normalized spacial score (nSPS) is 12.8. The van der Waals surface area contributed by atoms with E-state index in [1.807, 2.05) is 0 Å². The van der Waals surface area contributed by atoms with Crippen molar-refractivity contribution in [3.8, 4) is 0 Å². The van der Waals surface area contributed by atoms with Gasteiger partial charge in [-0.2, -0.15) is 0 Å². The van der Waals surface area contributed by atoms with Crippen LogP contribution in [0.5, 0.6) is 0 Å². The van der Waals surface area contributed by atoms with Crippen LogP contribution in [0.25, 0.3) is 10.1 Å². The summed E-state index contributed by atoms with van der Waals surface area (Å²) in [5, 5.41) is 9.75. The van der Waals surface area contributed by atoms with Gasteiger partial charge in [0.1, 0.15) is 0 Å². The molecule has 2 aromatic rings. The summed E-state index contributed by atoms with van der Waals surface area (Å²) in [6, 6.07) is 7.06. The molecule has 0 aliphatic rings. The lowest BCUT2D eigenvalue weighted by atomic mass is 10.2. The fourth-order valence-corrected chi connectivity index (χ4v) is 2.50. The van der Waals surface area contributed by atoms with Crippen LogP contribution in [0.3, 0.4) is 0 Å². The third-order valence-corrected chi connectivity index (χ3v) is 3.52. The Bertz CT molecular complexity index is 642. The first-order chi connectivity index (χ1) is 8.09.